The first kappa shape index (κ1) is 15.1. The monoisotopic (exact) mass is 310 g/mol. The lowest BCUT2D eigenvalue weighted by molar-refractivity contribution is 0.224. The van der Waals surface area contributed by atoms with Crippen LogP contribution in [-0.2, 0) is 6.42 Å². The number of nitrogens with one attached hydrogen (secondary N) is 3. The van der Waals surface area contributed by atoms with Gasteiger partial charge in [0, 0.05) is 23.3 Å². The lowest BCUT2D eigenvalue weighted by atomic mass is 10.1. The average molecular weight is 310 g/mol. The number of pyridine rings is 1. The van der Waals surface area contributed by atoms with Gasteiger partial charge in [0.25, 0.3) is 0 Å². The number of fused-ring (bicyclic) bond motifs is 1. The van der Waals surface area contributed by atoms with Crippen LogP contribution in [0.2, 0.25) is 0 Å². The molecule has 0 radical (unpaired) electrons. The molecule has 0 aliphatic rings. The Balaban J connectivity index is 1.65. The second kappa shape index (κ2) is 6.93. The van der Waals surface area contributed by atoms with Crippen molar-refractivity contribution < 1.29 is 9.90 Å². The number of carbonyl (C=O) groups excluding carboxylic acids is 1. The van der Waals surface area contributed by atoms with Gasteiger partial charge in [0.15, 0.2) is 0 Å². The van der Waals surface area contributed by atoms with Crippen molar-refractivity contribution >= 4 is 22.8 Å². The molecular weight excluding hydrogens is 292 g/mol. The Kier molecular flexibility index (Phi) is 4.54. The number of aliphatic hydroxyl groups excluding tert-OH is 1. The normalized spacial score (nSPS) is 12.0. The van der Waals surface area contributed by atoms with Crippen LogP contribution in [0.4, 0.5) is 10.6 Å². The Hall–Kier alpha value is -2.86. The van der Waals surface area contributed by atoms with Gasteiger partial charge in [-0.05, 0) is 30.2 Å². The maximum absolute atomic E-state index is 12.0. The van der Waals surface area contributed by atoms with Crippen molar-refractivity contribution in [1.29, 1.82) is 0 Å². The first-order valence-corrected chi connectivity index (χ1v) is 7.40. The van der Waals surface area contributed by atoms with E-state index >= 15 is 0 Å². The topological polar surface area (TPSA) is 90.0 Å². The second-order valence-corrected chi connectivity index (χ2v) is 5.26. The Morgan fingerprint density at radius 1 is 1.22 bits per heavy atom. The zero-order valence-electron chi connectivity index (χ0n) is 12.5. The molecule has 1 atom stereocenters. The lowest BCUT2D eigenvalue weighted by Crippen LogP contribution is -2.41. The van der Waals surface area contributed by atoms with Crippen molar-refractivity contribution in [2.75, 3.05) is 11.9 Å². The third kappa shape index (κ3) is 3.67. The highest BCUT2D eigenvalue weighted by Crippen LogP contribution is 2.19. The number of aliphatic hydroxyl groups is 1. The smallest absolute Gasteiger partial charge is 0.320 e. The molecule has 0 bridgehead atoms. The van der Waals surface area contributed by atoms with Crippen LogP contribution in [0, 0.1) is 0 Å². The van der Waals surface area contributed by atoms with Crippen molar-refractivity contribution in [2.45, 2.75) is 12.5 Å². The van der Waals surface area contributed by atoms with Crippen LogP contribution >= 0.6 is 0 Å². The van der Waals surface area contributed by atoms with Crippen LogP contribution in [0.25, 0.3) is 10.9 Å². The van der Waals surface area contributed by atoms with Gasteiger partial charge in [0.2, 0.25) is 0 Å². The highest BCUT2D eigenvalue weighted by Gasteiger charge is 2.14. The van der Waals surface area contributed by atoms with Crippen LogP contribution in [0.1, 0.15) is 5.56 Å². The number of H-pyrrole nitrogens is 1. The van der Waals surface area contributed by atoms with E-state index in [2.05, 4.69) is 20.6 Å². The summed E-state index contributed by atoms with van der Waals surface area (Å²) in [5.74, 6) is 0.466. The molecule has 23 heavy (non-hydrogen) atoms. The van der Waals surface area contributed by atoms with Crippen molar-refractivity contribution in [3.63, 3.8) is 0 Å². The summed E-state index contributed by atoms with van der Waals surface area (Å²) < 4.78 is 0. The zero-order valence-corrected chi connectivity index (χ0v) is 12.5. The summed E-state index contributed by atoms with van der Waals surface area (Å²) >= 11 is 0. The molecule has 2 amide bonds. The van der Waals surface area contributed by atoms with E-state index in [9.17, 15) is 9.90 Å². The third-order valence-electron chi connectivity index (χ3n) is 3.60. The zero-order chi connectivity index (χ0) is 16.1. The van der Waals surface area contributed by atoms with E-state index in [1.54, 1.807) is 24.4 Å². The maximum Gasteiger partial charge on any atom is 0.320 e. The van der Waals surface area contributed by atoms with Crippen LogP contribution < -0.4 is 10.6 Å². The van der Waals surface area contributed by atoms with Gasteiger partial charge in [0.1, 0.15) is 5.82 Å². The lowest BCUT2D eigenvalue weighted by Gasteiger charge is -2.16. The highest BCUT2D eigenvalue weighted by molar-refractivity contribution is 5.88. The number of carbonyl (C=O) groups is 1. The Labute approximate surface area is 133 Å². The van der Waals surface area contributed by atoms with Crippen LogP contribution in [-0.4, -0.2) is 33.8 Å². The fourth-order valence-electron chi connectivity index (χ4n) is 2.50. The number of amides is 2. The fraction of sp³-hybridized carbons (Fsp3) is 0.176. The number of para-hydroxylation sites is 1. The van der Waals surface area contributed by atoms with E-state index in [-0.39, 0.29) is 18.7 Å². The molecule has 0 aliphatic carbocycles. The Morgan fingerprint density at radius 2 is 2.04 bits per heavy atom. The van der Waals surface area contributed by atoms with Gasteiger partial charge < -0.3 is 15.4 Å². The molecule has 0 unspecified atom stereocenters. The molecule has 4 N–H and O–H groups in total. The number of hydrogen-bond acceptors (Lipinski definition) is 3. The minimum atomic E-state index is -0.386. The average Bonchev–Trinajstić information content (AvgIpc) is 2.98. The molecular formula is C17H18N4O2. The molecule has 6 heteroatoms. The third-order valence-corrected chi connectivity index (χ3v) is 3.60. The Morgan fingerprint density at radius 3 is 2.83 bits per heavy atom. The van der Waals surface area contributed by atoms with Gasteiger partial charge in [-0.25, -0.2) is 9.78 Å². The van der Waals surface area contributed by atoms with E-state index in [0.29, 0.717) is 12.2 Å². The fourth-order valence-corrected chi connectivity index (χ4v) is 2.50. The highest BCUT2D eigenvalue weighted by atomic mass is 16.3. The molecule has 3 rings (SSSR count). The number of hydrogen-bond donors (Lipinski definition) is 4. The number of benzene rings is 1. The molecule has 0 fully saturated rings. The summed E-state index contributed by atoms with van der Waals surface area (Å²) in [5, 5.41) is 16.0. The summed E-state index contributed by atoms with van der Waals surface area (Å²) in [6.07, 6.45) is 4.05. The van der Waals surface area contributed by atoms with Gasteiger partial charge >= 0.3 is 6.03 Å². The largest absolute Gasteiger partial charge is 0.394 e. The quantitative estimate of drug-likeness (QED) is 0.583. The minimum Gasteiger partial charge on any atom is -0.394 e. The second-order valence-electron chi connectivity index (χ2n) is 5.26. The molecule has 6 nitrogen and oxygen atoms in total. The van der Waals surface area contributed by atoms with E-state index in [4.69, 9.17) is 0 Å². The van der Waals surface area contributed by atoms with Crippen LogP contribution in [0.5, 0.6) is 0 Å². The molecule has 2 heterocycles. The number of aromatic nitrogens is 2. The molecule has 1 aromatic carbocycles. The predicted molar refractivity (Wildman–Crippen MR) is 89.3 cm³/mol. The van der Waals surface area contributed by atoms with Crippen molar-refractivity contribution in [3.8, 4) is 0 Å². The minimum absolute atomic E-state index is 0.144. The number of urea groups is 1. The number of rotatable bonds is 5. The van der Waals surface area contributed by atoms with Crippen molar-refractivity contribution in [3.05, 3.63) is 60.4 Å². The summed E-state index contributed by atoms with van der Waals surface area (Å²) in [4.78, 5) is 19.2. The predicted octanol–water partition coefficient (Wildman–Crippen LogP) is 2.29. The summed E-state index contributed by atoms with van der Waals surface area (Å²) in [6, 6.07) is 12.4. The molecule has 0 saturated carbocycles. The summed E-state index contributed by atoms with van der Waals surface area (Å²) in [6.45, 7) is -0.144. The molecule has 0 spiro atoms. The Bertz CT molecular complexity index is 785. The maximum atomic E-state index is 12.0. The SMILES string of the molecule is O=C(Nc1ccccn1)N[C@H](CO)Cc1c[nH]c2ccccc12. The number of nitrogens with zero attached hydrogens (tertiary/aromatic N) is 1. The van der Waals surface area contributed by atoms with E-state index in [1.807, 2.05) is 30.5 Å². The summed E-state index contributed by atoms with van der Waals surface area (Å²) in [7, 11) is 0. The summed E-state index contributed by atoms with van der Waals surface area (Å²) in [5.41, 5.74) is 2.09. The molecule has 0 saturated heterocycles. The van der Waals surface area contributed by atoms with Gasteiger partial charge in [-0.15, -0.1) is 0 Å². The van der Waals surface area contributed by atoms with Gasteiger partial charge in [-0.2, -0.15) is 0 Å². The van der Waals surface area contributed by atoms with Gasteiger partial charge in [-0.3, -0.25) is 5.32 Å². The van der Waals surface area contributed by atoms with E-state index in [0.717, 1.165) is 16.5 Å². The number of aromatic amines is 1. The molecule has 0 aliphatic heterocycles. The van der Waals surface area contributed by atoms with E-state index < -0.39 is 0 Å². The van der Waals surface area contributed by atoms with Crippen molar-refractivity contribution in [2.24, 2.45) is 0 Å². The molecule has 2 aromatic heterocycles. The molecule has 118 valence electrons. The van der Waals surface area contributed by atoms with Gasteiger partial charge in [0.05, 0.1) is 12.6 Å². The first-order valence-electron chi connectivity index (χ1n) is 7.40. The standard InChI is InChI=1S/C17H18N4O2/c22-11-13(20-17(23)21-16-7-3-4-8-18-16)9-12-10-19-15-6-2-1-5-14(12)15/h1-8,10,13,19,22H,9,11H2,(H2,18,20,21,23)/t13-/m0/s1. The molecule has 3 aromatic rings. The van der Waals surface area contributed by atoms with Gasteiger partial charge in [-0.1, -0.05) is 24.3 Å². The number of anilines is 1. The van der Waals surface area contributed by atoms with Crippen molar-refractivity contribution in [1.82, 2.24) is 15.3 Å². The van der Waals surface area contributed by atoms with Crippen LogP contribution in [0.15, 0.2) is 54.9 Å². The first-order chi connectivity index (χ1) is 11.3. The van der Waals surface area contributed by atoms with Crippen LogP contribution in [0.3, 0.4) is 0 Å². The van der Waals surface area contributed by atoms with E-state index in [1.165, 1.54) is 0 Å².